The molecule has 0 spiro atoms. The Hall–Kier alpha value is -3.25. The number of carbonyl (C=O) groups excluding carboxylic acids is 1. The van der Waals surface area contributed by atoms with Gasteiger partial charge < -0.3 is 14.4 Å². The molecule has 1 amide bonds. The van der Waals surface area contributed by atoms with Crippen LogP contribution in [0.2, 0.25) is 0 Å². The summed E-state index contributed by atoms with van der Waals surface area (Å²) >= 11 is 0. The minimum absolute atomic E-state index is 0.152. The van der Waals surface area contributed by atoms with Crippen LogP contribution >= 0.6 is 0 Å². The van der Waals surface area contributed by atoms with Crippen molar-refractivity contribution in [2.45, 2.75) is 26.3 Å². The van der Waals surface area contributed by atoms with Crippen molar-refractivity contribution < 1.29 is 4.79 Å². The van der Waals surface area contributed by atoms with Crippen LogP contribution < -0.4 is 5.43 Å². The van der Waals surface area contributed by atoms with Gasteiger partial charge in [0.25, 0.3) is 5.91 Å². The van der Waals surface area contributed by atoms with Gasteiger partial charge in [-0.1, -0.05) is 36.4 Å². The summed E-state index contributed by atoms with van der Waals surface area (Å²) in [7, 11) is 2.05. The standard InChI is InChI=1S/C26H30N4O2/c1-20-18-24(31)25(26(32)29-16-14-28(2)15-17-29)23(12-11-21-8-4-3-5-9-21)30(20)19-22-10-6-7-13-27-22/h3-10,13,18H,11-12,14-17,19H2,1-2H3. The van der Waals surface area contributed by atoms with E-state index in [9.17, 15) is 9.59 Å². The Morgan fingerprint density at radius 1 is 0.969 bits per heavy atom. The third-order valence-corrected chi connectivity index (χ3v) is 6.17. The Labute approximate surface area is 189 Å². The number of aromatic nitrogens is 2. The molecule has 166 valence electrons. The minimum Gasteiger partial charge on any atom is -0.342 e. The molecule has 0 aliphatic carbocycles. The maximum atomic E-state index is 13.6. The molecule has 1 aliphatic rings. The van der Waals surface area contributed by atoms with Gasteiger partial charge in [-0.25, -0.2) is 0 Å². The molecule has 0 unspecified atom stereocenters. The molecule has 1 aromatic carbocycles. The summed E-state index contributed by atoms with van der Waals surface area (Å²) in [4.78, 5) is 35.2. The fourth-order valence-corrected chi connectivity index (χ4v) is 4.27. The maximum absolute atomic E-state index is 13.6. The SMILES string of the molecule is Cc1cc(=O)c(C(=O)N2CCN(C)CC2)c(CCc2ccccc2)n1Cc1ccccn1. The topological polar surface area (TPSA) is 58.4 Å². The Balaban J connectivity index is 1.75. The van der Waals surface area contributed by atoms with Crippen LogP contribution in [0, 0.1) is 6.92 Å². The first-order valence-electron chi connectivity index (χ1n) is 11.2. The predicted octanol–water partition coefficient (Wildman–Crippen LogP) is 2.77. The van der Waals surface area contributed by atoms with E-state index in [0.717, 1.165) is 36.6 Å². The van der Waals surface area contributed by atoms with Gasteiger partial charge >= 0.3 is 0 Å². The normalized spacial score (nSPS) is 14.5. The van der Waals surface area contributed by atoms with E-state index in [2.05, 4.69) is 33.6 Å². The van der Waals surface area contributed by atoms with Crippen molar-refractivity contribution in [3.63, 3.8) is 0 Å². The van der Waals surface area contributed by atoms with Crippen molar-refractivity contribution in [2.24, 2.45) is 0 Å². The number of hydrogen-bond acceptors (Lipinski definition) is 4. The molecule has 0 bridgehead atoms. The van der Waals surface area contributed by atoms with Crippen LogP contribution in [0.25, 0.3) is 0 Å². The molecule has 0 atom stereocenters. The van der Waals surface area contributed by atoms with E-state index in [4.69, 9.17) is 0 Å². The molecule has 3 aromatic rings. The smallest absolute Gasteiger partial charge is 0.259 e. The lowest BCUT2D eigenvalue weighted by molar-refractivity contribution is 0.0660. The molecular weight excluding hydrogens is 400 g/mol. The first kappa shape index (κ1) is 22.0. The summed E-state index contributed by atoms with van der Waals surface area (Å²) in [6.07, 6.45) is 3.14. The van der Waals surface area contributed by atoms with E-state index < -0.39 is 0 Å². The number of carbonyl (C=O) groups is 1. The number of hydrogen-bond donors (Lipinski definition) is 0. The van der Waals surface area contributed by atoms with Gasteiger partial charge in [0.15, 0.2) is 5.43 Å². The third-order valence-electron chi connectivity index (χ3n) is 6.17. The van der Waals surface area contributed by atoms with Crippen LogP contribution in [-0.2, 0) is 19.4 Å². The molecule has 0 saturated carbocycles. The average Bonchev–Trinajstić information content (AvgIpc) is 2.81. The van der Waals surface area contributed by atoms with Crippen molar-refractivity contribution >= 4 is 5.91 Å². The Bertz CT molecular complexity index is 1120. The number of aryl methyl sites for hydroxylation is 2. The summed E-state index contributed by atoms with van der Waals surface area (Å²) in [5.41, 5.74) is 3.85. The molecule has 1 fully saturated rings. The molecular formula is C26H30N4O2. The van der Waals surface area contributed by atoms with Crippen molar-refractivity contribution in [3.05, 3.63) is 99.2 Å². The summed E-state index contributed by atoms with van der Waals surface area (Å²) in [6.45, 7) is 5.38. The maximum Gasteiger partial charge on any atom is 0.259 e. The van der Waals surface area contributed by atoms with Crippen molar-refractivity contribution in [1.29, 1.82) is 0 Å². The fourth-order valence-electron chi connectivity index (χ4n) is 4.27. The van der Waals surface area contributed by atoms with E-state index in [0.29, 0.717) is 31.6 Å². The van der Waals surface area contributed by atoms with Gasteiger partial charge in [0.1, 0.15) is 5.56 Å². The van der Waals surface area contributed by atoms with Crippen molar-refractivity contribution in [1.82, 2.24) is 19.4 Å². The molecule has 3 heterocycles. The van der Waals surface area contributed by atoms with Crippen LogP contribution in [0.15, 0.2) is 65.6 Å². The highest BCUT2D eigenvalue weighted by atomic mass is 16.2. The first-order valence-corrected chi connectivity index (χ1v) is 11.2. The number of piperazine rings is 1. The van der Waals surface area contributed by atoms with E-state index in [1.54, 1.807) is 12.3 Å². The highest BCUT2D eigenvalue weighted by Crippen LogP contribution is 2.17. The molecule has 1 aliphatic heterocycles. The highest BCUT2D eigenvalue weighted by molar-refractivity contribution is 5.95. The van der Waals surface area contributed by atoms with Crippen molar-refractivity contribution in [2.75, 3.05) is 33.2 Å². The average molecular weight is 431 g/mol. The van der Waals surface area contributed by atoms with Crippen LogP contribution in [0.5, 0.6) is 0 Å². The molecule has 0 N–H and O–H groups in total. The lowest BCUT2D eigenvalue weighted by atomic mass is 10.0. The van der Waals surface area contributed by atoms with Gasteiger partial charge in [0, 0.05) is 49.8 Å². The lowest BCUT2D eigenvalue weighted by Crippen LogP contribution is -2.48. The number of likely N-dealkylation sites (N-methyl/N-ethyl adjacent to an activating group) is 1. The Morgan fingerprint density at radius 2 is 1.69 bits per heavy atom. The fraction of sp³-hybridized carbons (Fsp3) is 0.346. The van der Waals surface area contributed by atoms with Gasteiger partial charge in [-0.15, -0.1) is 0 Å². The Morgan fingerprint density at radius 3 is 2.38 bits per heavy atom. The van der Waals surface area contributed by atoms with Crippen molar-refractivity contribution in [3.8, 4) is 0 Å². The zero-order chi connectivity index (χ0) is 22.5. The number of rotatable bonds is 6. The lowest BCUT2D eigenvalue weighted by Gasteiger charge is -2.33. The summed E-state index contributed by atoms with van der Waals surface area (Å²) < 4.78 is 2.09. The highest BCUT2D eigenvalue weighted by Gasteiger charge is 2.27. The first-order chi connectivity index (χ1) is 15.5. The van der Waals surface area contributed by atoms with E-state index in [1.807, 2.05) is 48.2 Å². The molecule has 0 radical (unpaired) electrons. The summed E-state index contributed by atoms with van der Waals surface area (Å²) in [6, 6.07) is 17.6. The molecule has 4 rings (SSSR count). The second kappa shape index (κ2) is 9.92. The predicted molar refractivity (Wildman–Crippen MR) is 126 cm³/mol. The van der Waals surface area contributed by atoms with Crippen LogP contribution in [0.1, 0.15) is 33.0 Å². The summed E-state index contributed by atoms with van der Waals surface area (Å²) in [5.74, 6) is -0.152. The van der Waals surface area contributed by atoms with Crippen LogP contribution in [-0.4, -0.2) is 58.5 Å². The molecule has 2 aromatic heterocycles. The quantitative estimate of drug-likeness (QED) is 0.603. The number of pyridine rings is 2. The zero-order valence-electron chi connectivity index (χ0n) is 18.8. The van der Waals surface area contributed by atoms with Gasteiger partial charge in [-0.2, -0.15) is 0 Å². The van der Waals surface area contributed by atoms with E-state index in [1.165, 1.54) is 5.56 Å². The van der Waals surface area contributed by atoms with Gasteiger partial charge in [0.2, 0.25) is 0 Å². The van der Waals surface area contributed by atoms with Gasteiger partial charge in [-0.3, -0.25) is 14.6 Å². The van der Waals surface area contributed by atoms with E-state index in [-0.39, 0.29) is 11.3 Å². The molecule has 6 heteroatoms. The van der Waals surface area contributed by atoms with E-state index >= 15 is 0 Å². The second-order valence-electron chi connectivity index (χ2n) is 8.46. The number of amides is 1. The summed E-state index contributed by atoms with van der Waals surface area (Å²) in [5, 5.41) is 0. The van der Waals surface area contributed by atoms with Gasteiger partial charge in [0.05, 0.1) is 12.2 Å². The van der Waals surface area contributed by atoms with Gasteiger partial charge in [-0.05, 0) is 44.5 Å². The Kier molecular flexibility index (Phi) is 6.81. The molecule has 1 saturated heterocycles. The van der Waals surface area contributed by atoms with Crippen LogP contribution in [0.3, 0.4) is 0 Å². The second-order valence-corrected chi connectivity index (χ2v) is 8.46. The number of benzene rings is 1. The number of nitrogens with zero attached hydrogens (tertiary/aromatic N) is 4. The molecule has 6 nitrogen and oxygen atoms in total. The largest absolute Gasteiger partial charge is 0.342 e. The molecule has 32 heavy (non-hydrogen) atoms. The third kappa shape index (κ3) is 4.97. The zero-order valence-corrected chi connectivity index (χ0v) is 18.8. The van der Waals surface area contributed by atoms with Crippen LogP contribution in [0.4, 0.5) is 0 Å². The minimum atomic E-state index is -0.188. The monoisotopic (exact) mass is 430 g/mol.